The van der Waals surface area contributed by atoms with Gasteiger partial charge in [0.15, 0.2) is 0 Å². The fourth-order valence-corrected chi connectivity index (χ4v) is 1.18. The Balaban J connectivity index is 3.01. The van der Waals surface area contributed by atoms with E-state index in [9.17, 15) is 10.1 Å². The second-order valence-electron chi connectivity index (χ2n) is 1.96. The predicted octanol–water partition coefficient (Wildman–Crippen LogP) is 2.32. The minimum atomic E-state index is -0.389. The molecule has 0 amide bonds. The maximum Gasteiger partial charge on any atom is 0.270 e. The van der Waals surface area contributed by atoms with Crippen LogP contribution in [0.2, 0.25) is 0 Å². The van der Waals surface area contributed by atoms with Crippen LogP contribution in [0.5, 0.6) is 0 Å². The lowest BCUT2D eigenvalue weighted by Gasteiger charge is -1.93. The number of hydrogen-bond acceptors (Lipinski definition) is 3. The van der Waals surface area contributed by atoms with Crippen molar-refractivity contribution in [2.45, 2.75) is 4.90 Å². The molecule has 3 nitrogen and oxygen atoms in total. The number of rotatable bonds is 2. The summed E-state index contributed by atoms with van der Waals surface area (Å²) in [7, 11) is 0. The van der Waals surface area contributed by atoms with E-state index in [1.54, 1.807) is 12.1 Å². The number of thioether (sulfide) groups is 1. The summed E-state index contributed by atoms with van der Waals surface area (Å²) in [6.07, 6.45) is 1.89. The molecule has 11 heavy (non-hydrogen) atoms. The Labute approximate surface area is 68.6 Å². The van der Waals surface area contributed by atoms with Crippen molar-refractivity contribution in [1.29, 1.82) is 0 Å². The molecule has 0 unspecified atom stereocenters. The maximum atomic E-state index is 10.3. The Morgan fingerprint density at radius 3 is 2.82 bits per heavy atom. The van der Waals surface area contributed by atoms with Crippen LogP contribution < -0.4 is 0 Å². The van der Waals surface area contributed by atoms with Crippen molar-refractivity contribution in [3.8, 4) is 0 Å². The van der Waals surface area contributed by atoms with Crippen molar-refractivity contribution >= 4 is 17.4 Å². The maximum absolute atomic E-state index is 10.3. The lowest BCUT2D eigenvalue weighted by molar-refractivity contribution is -0.385. The number of benzene rings is 1. The van der Waals surface area contributed by atoms with Crippen LogP contribution in [0, 0.1) is 10.1 Å². The molecule has 0 aliphatic rings. The van der Waals surface area contributed by atoms with Gasteiger partial charge in [0.25, 0.3) is 5.69 Å². The third kappa shape index (κ3) is 1.94. The van der Waals surface area contributed by atoms with E-state index in [1.807, 2.05) is 12.3 Å². The largest absolute Gasteiger partial charge is 0.270 e. The molecule has 0 radical (unpaired) electrons. The summed E-state index contributed by atoms with van der Waals surface area (Å²) in [6, 6.07) is 6.58. The van der Waals surface area contributed by atoms with Gasteiger partial charge in [-0.05, 0) is 12.3 Å². The van der Waals surface area contributed by atoms with E-state index in [0.29, 0.717) is 0 Å². The van der Waals surface area contributed by atoms with Gasteiger partial charge in [-0.3, -0.25) is 10.1 Å². The Morgan fingerprint density at radius 1 is 1.55 bits per heavy atom. The van der Waals surface area contributed by atoms with Gasteiger partial charge in [-0.25, -0.2) is 0 Å². The van der Waals surface area contributed by atoms with Crippen LogP contribution in [-0.4, -0.2) is 11.2 Å². The van der Waals surface area contributed by atoms with Gasteiger partial charge in [-0.2, -0.15) is 0 Å². The summed E-state index contributed by atoms with van der Waals surface area (Å²) < 4.78 is 0. The van der Waals surface area contributed by atoms with Gasteiger partial charge in [-0.1, -0.05) is 6.07 Å². The van der Waals surface area contributed by atoms with Gasteiger partial charge in [0, 0.05) is 17.0 Å². The van der Waals surface area contributed by atoms with E-state index in [4.69, 9.17) is 0 Å². The highest BCUT2D eigenvalue weighted by molar-refractivity contribution is 7.98. The Morgan fingerprint density at radius 2 is 2.27 bits per heavy atom. The average Bonchev–Trinajstić information content (AvgIpc) is 2.05. The fourth-order valence-electron chi connectivity index (χ4n) is 0.724. The number of non-ortho nitro benzene ring substituents is 1. The molecule has 0 saturated heterocycles. The third-order valence-electron chi connectivity index (χ3n) is 1.26. The molecule has 0 spiro atoms. The molecule has 0 heterocycles. The van der Waals surface area contributed by atoms with Crippen LogP contribution in [-0.2, 0) is 0 Å². The number of nitro benzene ring substituents is 1. The van der Waals surface area contributed by atoms with Gasteiger partial charge in [0.2, 0.25) is 0 Å². The first kappa shape index (κ1) is 8.07. The predicted molar refractivity (Wildman–Crippen MR) is 44.9 cm³/mol. The first-order chi connectivity index (χ1) is 5.24. The number of nitro groups is 1. The van der Waals surface area contributed by atoms with Crippen LogP contribution in [0.4, 0.5) is 5.69 Å². The van der Waals surface area contributed by atoms with Crippen LogP contribution in [0.25, 0.3) is 0 Å². The molecule has 1 aromatic rings. The van der Waals surface area contributed by atoms with Gasteiger partial charge in [0.1, 0.15) is 0 Å². The molecule has 0 aromatic heterocycles. The molecular formula is C7H7NO2S. The Kier molecular flexibility index (Phi) is 2.48. The fraction of sp³-hybridized carbons (Fsp3) is 0.143. The van der Waals surface area contributed by atoms with Crippen molar-refractivity contribution in [2.24, 2.45) is 0 Å². The summed E-state index contributed by atoms with van der Waals surface area (Å²) >= 11 is 1.50. The van der Waals surface area contributed by atoms with Crippen molar-refractivity contribution < 1.29 is 4.92 Å². The van der Waals surface area contributed by atoms with Gasteiger partial charge >= 0.3 is 0 Å². The minimum absolute atomic E-state index is 0.150. The topological polar surface area (TPSA) is 43.1 Å². The molecule has 0 saturated carbocycles. The molecule has 4 heteroatoms. The quantitative estimate of drug-likeness (QED) is 0.387. The second kappa shape index (κ2) is 3.39. The van der Waals surface area contributed by atoms with Crippen LogP contribution >= 0.6 is 11.8 Å². The Hall–Kier alpha value is -1.03. The molecule has 0 aliphatic heterocycles. The SMILES string of the molecule is CSc1cccc([N+](=O)[O-])c1. The average molecular weight is 169 g/mol. The first-order valence-corrected chi connectivity index (χ1v) is 4.25. The lowest BCUT2D eigenvalue weighted by atomic mass is 10.3. The van der Waals surface area contributed by atoms with Crippen molar-refractivity contribution in [3.05, 3.63) is 34.4 Å². The van der Waals surface area contributed by atoms with Crippen molar-refractivity contribution in [1.82, 2.24) is 0 Å². The van der Waals surface area contributed by atoms with E-state index >= 15 is 0 Å². The summed E-state index contributed by atoms with van der Waals surface area (Å²) in [5.74, 6) is 0. The van der Waals surface area contributed by atoms with E-state index in [0.717, 1.165) is 4.90 Å². The zero-order valence-corrected chi connectivity index (χ0v) is 6.80. The third-order valence-corrected chi connectivity index (χ3v) is 1.99. The number of hydrogen-bond donors (Lipinski definition) is 0. The monoisotopic (exact) mass is 169 g/mol. The van der Waals surface area contributed by atoms with E-state index in [-0.39, 0.29) is 10.6 Å². The van der Waals surface area contributed by atoms with Gasteiger partial charge < -0.3 is 0 Å². The molecule has 58 valence electrons. The molecule has 0 aliphatic carbocycles. The van der Waals surface area contributed by atoms with E-state index in [2.05, 4.69) is 0 Å². The van der Waals surface area contributed by atoms with Crippen LogP contribution in [0.1, 0.15) is 0 Å². The molecule has 0 atom stereocenters. The Bertz CT molecular complexity index is 275. The normalized spacial score (nSPS) is 9.55. The van der Waals surface area contributed by atoms with Crippen LogP contribution in [0.15, 0.2) is 29.2 Å². The highest BCUT2D eigenvalue weighted by Gasteiger charge is 2.03. The van der Waals surface area contributed by atoms with Gasteiger partial charge in [0.05, 0.1) is 4.92 Å². The van der Waals surface area contributed by atoms with Gasteiger partial charge in [-0.15, -0.1) is 11.8 Å². The summed E-state index contributed by atoms with van der Waals surface area (Å²) in [4.78, 5) is 10.8. The van der Waals surface area contributed by atoms with E-state index < -0.39 is 0 Å². The first-order valence-electron chi connectivity index (χ1n) is 3.02. The zero-order chi connectivity index (χ0) is 8.27. The van der Waals surface area contributed by atoms with Crippen molar-refractivity contribution in [3.63, 3.8) is 0 Å². The van der Waals surface area contributed by atoms with Crippen LogP contribution in [0.3, 0.4) is 0 Å². The number of nitrogens with zero attached hydrogens (tertiary/aromatic N) is 1. The molecule has 0 N–H and O–H groups in total. The lowest BCUT2D eigenvalue weighted by Crippen LogP contribution is -1.86. The highest BCUT2D eigenvalue weighted by Crippen LogP contribution is 2.19. The highest BCUT2D eigenvalue weighted by atomic mass is 32.2. The summed E-state index contributed by atoms with van der Waals surface area (Å²) in [5.41, 5.74) is 0.150. The minimum Gasteiger partial charge on any atom is -0.258 e. The molecule has 1 aromatic carbocycles. The zero-order valence-electron chi connectivity index (χ0n) is 5.98. The standard InChI is InChI=1S/C7H7NO2S/c1-11-7-4-2-3-6(5-7)8(9)10/h2-5H,1H3. The molecular weight excluding hydrogens is 162 g/mol. The molecule has 1 rings (SSSR count). The molecule has 0 fully saturated rings. The smallest absolute Gasteiger partial charge is 0.258 e. The summed E-state index contributed by atoms with van der Waals surface area (Å²) in [6.45, 7) is 0. The van der Waals surface area contributed by atoms with Crippen molar-refractivity contribution in [2.75, 3.05) is 6.26 Å². The van der Waals surface area contributed by atoms with E-state index in [1.165, 1.54) is 17.8 Å². The summed E-state index contributed by atoms with van der Waals surface area (Å²) in [5, 5.41) is 10.3. The second-order valence-corrected chi connectivity index (χ2v) is 2.84. The molecule has 0 bridgehead atoms.